The lowest BCUT2D eigenvalue weighted by Crippen LogP contribution is -2.49. The lowest BCUT2D eigenvalue weighted by molar-refractivity contribution is -0.127. The normalized spacial score (nSPS) is 23.7. The minimum Gasteiger partial charge on any atom is -0.341 e. The summed E-state index contributed by atoms with van der Waals surface area (Å²) in [6.07, 6.45) is 1.50. The SMILES string of the molecule is Cc1ccc(-c2cc(C(=O)N3CC[C@@H]4CC(=O)N(C)[C@@H]4C3)n[nH]2)s1. The highest BCUT2D eigenvalue weighted by molar-refractivity contribution is 7.15. The Morgan fingerprint density at radius 2 is 2.25 bits per heavy atom. The molecule has 24 heavy (non-hydrogen) atoms. The van der Waals surface area contributed by atoms with E-state index in [-0.39, 0.29) is 17.9 Å². The minimum atomic E-state index is -0.0584. The molecule has 0 aliphatic carbocycles. The van der Waals surface area contributed by atoms with Crippen molar-refractivity contribution < 1.29 is 9.59 Å². The van der Waals surface area contributed by atoms with Crippen molar-refractivity contribution in [2.75, 3.05) is 20.1 Å². The van der Waals surface area contributed by atoms with Gasteiger partial charge < -0.3 is 9.80 Å². The van der Waals surface area contributed by atoms with Crippen LogP contribution in [0.3, 0.4) is 0 Å². The minimum absolute atomic E-state index is 0.0584. The number of hydrogen-bond acceptors (Lipinski definition) is 4. The van der Waals surface area contributed by atoms with Crippen molar-refractivity contribution in [3.05, 3.63) is 28.8 Å². The second-order valence-corrected chi connectivity index (χ2v) is 7.94. The number of amides is 2. The van der Waals surface area contributed by atoms with Crippen LogP contribution in [-0.2, 0) is 4.79 Å². The highest BCUT2D eigenvalue weighted by atomic mass is 32.1. The van der Waals surface area contributed by atoms with Crippen LogP contribution in [0.25, 0.3) is 10.6 Å². The van der Waals surface area contributed by atoms with E-state index >= 15 is 0 Å². The van der Waals surface area contributed by atoms with Crippen LogP contribution in [0.1, 0.15) is 28.2 Å². The Kier molecular flexibility index (Phi) is 3.68. The van der Waals surface area contributed by atoms with Crippen LogP contribution in [0.4, 0.5) is 0 Å². The Balaban J connectivity index is 1.50. The smallest absolute Gasteiger partial charge is 0.274 e. The zero-order valence-electron chi connectivity index (χ0n) is 13.8. The number of fused-ring (bicyclic) bond motifs is 1. The molecule has 6 nitrogen and oxygen atoms in total. The molecular weight excluding hydrogens is 324 g/mol. The van der Waals surface area contributed by atoms with E-state index in [4.69, 9.17) is 0 Å². The molecule has 0 saturated carbocycles. The largest absolute Gasteiger partial charge is 0.341 e. The van der Waals surface area contributed by atoms with Gasteiger partial charge in [0.25, 0.3) is 5.91 Å². The summed E-state index contributed by atoms with van der Waals surface area (Å²) in [5, 5.41) is 7.17. The molecule has 4 rings (SSSR count). The topological polar surface area (TPSA) is 69.3 Å². The van der Waals surface area contributed by atoms with Gasteiger partial charge in [-0.3, -0.25) is 14.7 Å². The summed E-state index contributed by atoms with van der Waals surface area (Å²) in [5.74, 6) is 0.516. The summed E-state index contributed by atoms with van der Waals surface area (Å²) >= 11 is 1.67. The first-order chi connectivity index (χ1) is 11.5. The monoisotopic (exact) mass is 344 g/mol. The zero-order valence-corrected chi connectivity index (χ0v) is 14.6. The van der Waals surface area contributed by atoms with Crippen molar-refractivity contribution in [3.63, 3.8) is 0 Å². The number of nitrogens with one attached hydrogen (secondary N) is 1. The Morgan fingerprint density at radius 1 is 1.42 bits per heavy atom. The average Bonchev–Trinajstić information content (AvgIpc) is 3.27. The average molecular weight is 344 g/mol. The molecule has 2 aromatic rings. The summed E-state index contributed by atoms with van der Waals surface area (Å²) in [6.45, 7) is 3.35. The highest BCUT2D eigenvalue weighted by Crippen LogP contribution is 2.32. The molecule has 126 valence electrons. The van der Waals surface area contributed by atoms with E-state index in [2.05, 4.69) is 23.2 Å². The van der Waals surface area contributed by atoms with E-state index < -0.39 is 0 Å². The van der Waals surface area contributed by atoms with Gasteiger partial charge in [0, 0.05) is 31.4 Å². The molecule has 2 saturated heterocycles. The number of aryl methyl sites for hydroxylation is 1. The van der Waals surface area contributed by atoms with Gasteiger partial charge >= 0.3 is 0 Å². The molecule has 0 unspecified atom stereocenters. The molecule has 2 fully saturated rings. The first-order valence-corrected chi connectivity index (χ1v) is 9.01. The van der Waals surface area contributed by atoms with Crippen molar-refractivity contribution in [1.29, 1.82) is 0 Å². The van der Waals surface area contributed by atoms with Gasteiger partial charge in [-0.1, -0.05) is 0 Å². The van der Waals surface area contributed by atoms with Crippen LogP contribution >= 0.6 is 11.3 Å². The number of carbonyl (C=O) groups is 2. The number of thiophene rings is 1. The van der Waals surface area contributed by atoms with Crippen LogP contribution < -0.4 is 0 Å². The van der Waals surface area contributed by atoms with E-state index in [9.17, 15) is 9.59 Å². The molecule has 2 aliphatic rings. The van der Waals surface area contributed by atoms with Gasteiger partial charge in [-0.25, -0.2) is 0 Å². The van der Waals surface area contributed by atoms with E-state index in [1.54, 1.807) is 16.2 Å². The molecule has 0 bridgehead atoms. The fourth-order valence-electron chi connectivity index (χ4n) is 3.69. The van der Waals surface area contributed by atoms with E-state index in [0.29, 0.717) is 31.1 Å². The van der Waals surface area contributed by atoms with Gasteiger partial charge in [-0.15, -0.1) is 11.3 Å². The van der Waals surface area contributed by atoms with Gasteiger partial charge in [0.05, 0.1) is 16.6 Å². The fourth-order valence-corrected chi connectivity index (χ4v) is 4.53. The van der Waals surface area contributed by atoms with Crippen molar-refractivity contribution in [2.24, 2.45) is 5.92 Å². The lowest BCUT2D eigenvalue weighted by atomic mass is 9.92. The van der Waals surface area contributed by atoms with Crippen molar-refractivity contribution in [2.45, 2.75) is 25.8 Å². The third-order valence-corrected chi connectivity index (χ3v) is 6.17. The molecule has 0 aromatic carbocycles. The van der Waals surface area contributed by atoms with Crippen LogP contribution in [0.2, 0.25) is 0 Å². The Labute approximate surface area is 144 Å². The third-order valence-electron chi connectivity index (χ3n) is 5.14. The second-order valence-electron chi connectivity index (χ2n) is 6.65. The van der Waals surface area contributed by atoms with Crippen molar-refractivity contribution in [3.8, 4) is 10.6 Å². The number of likely N-dealkylation sites (tertiary alicyclic amines) is 2. The first-order valence-electron chi connectivity index (χ1n) is 8.20. The van der Waals surface area contributed by atoms with Crippen molar-refractivity contribution in [1.82, 2.24) is 20.0 Å². The van der Waals surface area contributed by atoms with Gasteiger partial charge in [0.2, 0.25) is 5.91 Å². The zero-order chi connectivity index (χ0) is 16.8. The van der Waals surface area contributed by atoms with Crippen LogP contribution in [0.5, 0.6) is 0 Å². The molecule has 2 aromatic heterocycles. The molecule has 2 atom stereocenters. The summed E-state index contributed by atoms with van der Waals surface area (Å²) in [4.78, 5) is 30.6. The highest BCUT2D eigenvalue weighted by Gasteiger charge is 2.42. The molecule has 7 heteroatoms. The number of likely N-dealkylation sites (N-methyl/N-ethyl adjacent to an activating group) is 1. The molecule has 0 radical (unpaired) electrons. The van der Waals surface area contributed by atoms with Gasteiger partial charge in [0.1, 0.15) is 0 Å². The van der Waals surface area contributed by atoms with Crippen LogP contribution in [-0.4, -0.2) is 58.0 Å². The number of aromatic nitrogens is 2. The standard InChI is InChI=1S/C17H20N4O2S/c1-10-3-4-15(24-10)12-8-13(19-18-12)17(23)21-6-5-11-7-16(22)20(2)14(11)9-21/h3-4,8,11,14H,5-7,9H2,1-2H3,(H,18,19)/t11-,14-/m1/s1. The van der Waals surface area contributed by atoms with Crippen LogP contribution in [0, 0.1) is 12.8 Å². The first kappa shape index (κ1) is 15.4. The number of nitrogens with zero attached hydrogens (tertiary/aromatic N) is 3. The quantitative estimate of drug-likeness (QED) is 0.907. The maximum atomic E-state index is 12.8. The van der Waals surface area contributed by atoms with Gasteiger partial charge in [-0.05, 0) is 37.5 Å². The Morgan fingerprint density at radius 3 is 3.00 bits per heavy atom. The molecule has 2 amide bonds. The van der Waals surface area contributed by atoms with Crippen molar-refractivity contribution >= 4 is 23.2 Å². The predicted molar refractivity (Wildman–Crippen MR) is 91.8 cm³/mol. The lowest BCUT2D eigenvalue weighted by Gasteiger charge is -2.36. The fraction of sp³-hybridized carbons (Fsp3) is 0.471. The maximum Gasteiger partial charge on any atom is 0.274 e. The number of hydrogen-bond donors (Lipinski definition) is 1. The predicted octanol–water partition coefficient (Wildman–Crippen LogP) is 2.14. The summed E-state index contributed by atoms with van der Waals surface area (Å²) < 4.78 is 0. The molecule has 2 aliphatic heterocycles. The summed E-state index contributed by atoms with van der Waals surface area (Å²) in [5.41, 5.74) is 1.32. The van der Waals surface area contributed by atoms with Gasteiger partial charge in [0.15, 0.2) is 5.69 Å². The molecular formula is C17H20N4O2S. The number of piperidine rings is 1. The number of H-pyrrole nitrogens is 1. The van der Waals surface area contributed by atoms with E-state index in [1.807, 2.05) is 24.1 Å². The molecule has 1 N–H and O–H groups in total. The Bertz CT molecular complexity index is 796. The third kappa shape index (κ3) is 2.53. The molecule has 4 heterocycles. The number of aromatic amines is 1. The van der Waals surface area contributed by atoms with E-state index in [1.165, 1.54) is 4.88 Å². The summed E-state index contributed by atoms with van der Waals surface area (Å²) in [7, 11) is 1.84. The number of carbonyl (C=O) groups excluding carboxylic acids is 2. The van der Waals surface area contributed by atoms with Gasteiger partial charge in [-0.2, -0.15) is 5.10 Å². The second kappa shape index (κ2) is 5.73. The molecule has 0 spiro atoms. The number of rotatable bonds is 2. The van der Waals surface area contributed by atoms with Crippen LogP contribution in [0.15, 0.2) is 18.2 Å². The van der Waals surface area contributed by atoms with E-state index in [0.717, 1.165) is 17.0 Å². The Hall–Kier alpha value is -2.15. The summed E-state index contributed by atoms with van der Waals surface area (Å²) in [6, 6.07) is 6.06. The maximum absolute atomic E-state index is 12.8.